The third kappa shape index (κ3) is 5.67. The fourth-order valence-corrected chi connectivity index (χ4v) is 4.29. The average Bonchev–Trinajstić information content (AvgIpc) is 3.08. The Kier molecular flexibility index (Phi) is 7.43. The summed E-state index contributed by atoms with van der Waals surface area (Å²) in [4.78, 5) is 52.5. The number of hydrogen-bond donors (Lipinski definition) is 3. The van der Waals surface area contributed by atoms with E-state index >= 15 is 0 Å². The lowest BCUT2D eigenvalue weighted by Gasteiger charge is -2.28. The second-order valence-electron chi connectivity index (χ2n) is 9.59. The fourth-order valence-electron chi connectivity index (χ4n) is 4.29. The van der Waals surface area contributed by atoms with Crippen LogP contribution in [0.25, 0.3) is 0 Å². The van der Waals surface area contributed by atoms with Crippen LogP contribution in [0.15, 0.2) is 66.7 Å². The molecule has 0 atom stereocenters. The normalized spacial score (nSPS) is 14.5. The first-order valence-corrected chi connectivity index (χ1v) is 12.1. The highest BCUT2D eigenvalue weighted by Crippen LogP contribution is 2.38. The van der Waals surface area contributed by atoms with Crippen molar-refractivity contribution < 1.29 is 32.3 Å². The second-order valence-corrected chi connectivity index (χ2v) is 9.59. The Morgan fingerprint density at radius 1 is 1.00 bits per heavy atom. The van der Waals surface area contributed by atoms with Crippen molar-refractivity contribution in [2.45, 2.75) is 32.1 Å². The summed E-state index contributed by atoms with van der Waals surface area (Å²) >= 11 is 0. The first kappa shape index (κ1) is 28.6. The third-order valence-corrected chi connectivity index (χ3v) is 6.53. The lowest BCUT2D eigenvalue weighted by Crippen LogP contribution is -2.43. The van der Waals surface area contributed by atoms with Crippen molar-refractivity contribution in [2.75, 3.05) is 15.5 Å². The number of primary amides is 1. The molecule has 0 saturated carbocycles. The van der Waals surface area contributed by atoms with E-state index in [-0.39, 0.29) is 17.8 Å². The molecule has 3 aromatic carbocycles. The van der Waals surface area contributed by atoms with E-state index in [0.717, 1.165) is 12.1 Å². The summed E-state index contributed by atoms with van der Waals surface area (Å²) in [6.45, 7) is 2.75. The predicted molar refractivity (Wildman–Crippen MR) is 143 cm³/mol. The van der Waals surface area contributed by atoms with Crippen molar-refractivity contribution in [1.29, 1.82) is 5.26 Å². The molecule has 0 spiro atoms. The van der Waals surface area contributed by atoms with Gasteiger partial charge >= 0.3 is 18.2 Å². The maximum Gasteiger partial charge on any atom is 0.417 e. The first-order chi connectivity index (χ1) is 19.2. The standard InChI is InChI=1S/C28H23F3N6O4/c1-27(2)24(39)37(20-12-9-17(14-32)21(13-20)28(29,30)31)26(41)36(27)15-18-5-3-4-6-22(18)35-25(40)34-19-10-7-16(8-11-19)23(33)38/h3-13H,15H2,1-2H3,(H2,33,38)(H2,34,35,40). The smallest absolute Gasteiger partial charge is 0.366 e. The topological polar surface area (TPSA) is 149 Å². The molecule has 13 heteroatoms. The van der Waals surface area contributed by atoms with Crippen molar-refractivity contribution in [3.63, 3.8) is 0 Å². The molecule has 3 aromatic rings. The quantitative estimate of drug-likeness (QED) is 0.358. The van der Waals surface area contributed by atoms with Gasteiger partial charge in [-0.05, 0) is 67.9 Å². The summed E-state index contributed by atoms with van der Waals surface area (Å²) in [6, 6.07) is 15.0. The Morgan fingerprint density at radius 3 is 2.27 bits per heavy atom. The monoisotopic (exact) mass is 564 g/mol. The maximum atomic E-state index is 13.5. The summed E-state index contributed by atoms with van der Waals surface area (Å²) in [5, 5.41) is 14.4. The number of para-hydroxylation sites is 1. The Labute approximate surface area is 232 Å². The molecule has 1 aliphatic rings. The number of halogens is 3. The number of carbonyl (C=O) groups is 4. The molecule has 41 heavy (non-hydrogen) atoms. The minimum absolute atomic E-state index is 0.166. The minimum Gasteiger partial charge on any atom is -0.366 e. The molecular weight excluding hydrogens is 541 g/mol. The van der Waals surface area contributed by atoms with Crippen LogP contribution in [-0.4, -0.2) is 34.3 Å². The first-order valence-electron chi connectivity index (χ1n) is 12.1. The Bertz CT molecular complexity index is 1600. The Morgan fingerprint density at radius 2 is 1.66 bits per heavy atom. The molecule has 10 nitrogen and oxygen atoms in total. The molecule has 1 heterocycles. The van der Waals surface area contributed by atoms with E-state index < -0.39 is 46.7 Å². The number of nitrogens with zero attached hydrogens (tertiary/aromatic N) is 3. The number of hydrogen-bond acceptors (Lipinski definition) is 5. The van der Waals surface area contributed by atoms with Gasteiger partial charge in [0.05, 0.1) is 29.4 Å². The second kappa shape index (κ2) is 10.6. The molecule has 0 bridgehead atoms. The largest absolute Gasteiger partial charge is 0.417 e. The molecule has 1 fully saturated rings. The zero-order valence-corrected chi connectivity index (χ0v) is 21.7. The number of alkyl halides is 3. The number of nitrogens with one attached hydrogen (secondary N) is 2. The van der Waals surface area contributed by atoms with E-state index in [1.807, 2.05) is 0 Å². The highest BCUT2D eigenvalue weighted by Gasteiger charge is 2.52. The van der Waals surface area contributed by atoms with Crippen LogP contribution < -0.4 is 21.3 Å². The third-order valence-electron chi connectivity index (χ3n) is 6.53. The molecule has 0 unspecified atom stereocenters. The number of amides is 6. The van der Waals surface area contributed by atoms with E-state index in [1.165, 1.54) is 49.1 Å². The van der Waals surface area contributed by atoms with Gasteiger partial charge in [0, 0.05) is 16.9 Å². The number of benzene rings is 3. The number of nitriles is 1. The maximum absolute atomic E-state index is 13.5. The molecule has 210 valence electrons. The zero-order valence-electron chi connectivity index (χ0n) is 21.7. The highest BCUT2D eigenvalue weighted by atomic mass is 19.4. The summed E-state index contributed by atoms with van der Waals surface area (Å²) in [6.07, 6.45) is -4.88. The number of urea groups is 2. The molecule has 0 radical (unpaired) electrons. The van der Waals surface area contributed by atoms with Gasteiger partial charge in [0.2, 0.25) is 5.91 Å². The van der Waals surface area contributed by atoms with Gasteiger partial charge < -0.3 is 21.3 Å². The molecule has 0 aliphatic carbocycles. The summed E-state index contributed by atoms with van der Waals surface area (Å²) in [5.41, 5.74) is 2.93. The van der Waals surface area contributed by atoms with Crippen LogP contribution in [0.4, 0.5) is 39.8 Å². The number of imide groups is 1. The molecule has 4 rings (SSSR count). The lowest BCUT2D eigenvalue weighted by atomic mass is 10.0. The van der Waals surface area contributed by atoms with Crippen molar-refractivity contribution in [1.82, 2.24) is 4.90 Å². The van der Waals surface area contributed by atoms with Crippen LogP contribution in [0.5, 0.6) is 0 Å². The summed E-state index contributed by atoms with van der Waals surface area (Å²) in [5.74, 6) is -1.38. The molecular formula is C28H23F3N6O4. The van der Waals surface area contributed by atoms with E-state index in [2.05, 4.69) is 10.6 Å². The molecule has 6 amide bonds. The van der Waals surface area contributed by atoms with Crippen LogP contribution in [0.1, 0.15) is 40.9 Å². The number of carbonyl (C=O) groups excluding carboxylic acids is 4. The van der Waals surface area contributed by atoms with Gasteiger partial charge in [0.1, 0.15) is 5.54 Å². The van der Waals surface area contributed by atoms with Gasteiger partial charge in [-0.3, -0.25) is 9.59 Å². The SMILES string of the molecule is CC1(C)C(=O)N(c2ccc(C#N)c(C(F)(F)F)c2)C(=O)N1Cc1ccccc1NC(=O)Nc1ccc(C(N)=O)cc1. The molecule has 1 aliphatic heterocycles. The van der Waals surface area contributed by atoms with Crippen molar-refractivity contribution in [3.8, 4) is 6.07 Å². The molecule has 4 N–H and O–H groups in total. The zero-order chi connectivity index (χ0) is 30.1. The molecule has 1 saturated heterocycles. The van der Waals surface area contributed by atoms with Gasteiger partial charge in [0.15, 0.2) is 0 Å². The summed E-state index contributed by atoms with van der Waals surface area (Å²) < 4.78 is 40.6. The lowest BCUT2D eigenvalue weighted by molar-refractivity contribution is -0.137. The van der Waals surface area contributed by atoms with E-state index in [9.17, 15) is 32.3 Å². The number of rotatable bonds is 6. The Balaban J connectivity index is 1.57. The van der Waals surface area contributed by atoms with Gasteiger partial charge in [-0.25, -0.2) is 14.5 Å². The van der Waals surface area contributed by atoms with Crippen LogP contribution in [0.2, 0.25) is 0 Å². The van der Waals surface area contributed by atoms with Crippen molar-refractivity contribution in [3.05, 3.63) is 89.0 Å². The van der Waals surface area contributed by atoms with Crippen molar-refractivity contribution in [2.24, 2.45) is 5.73 Å². The molecule has 0 aromatic heterocycles. The van der Waals surface area contributed by atoms with Crippen LogP contribution in [-0.2, 0) is 17.5 Å². The van der Waals surface area contributed by atoms with Crippen LogP contribution >= 0.6 is 0 Å². The van der Waals surface area contributed by atoms with E-state index in [4.69, 9.17) is 11.0 Å². The average molecular weight is 565 g/mol. The van der Waals surface area contributed by atoms with E-state index in [1.54, 1.807) is 24.3 Å². The number of anilines is 3. The predicted octanol–water partition coefficient (Wildman–Crippen LogP) is 5.07. The van der Waals surface area contributed by atoms with E-state index in [0.29, 0.717) is 27.9 Å². The fraction of sp³-hybridized carbons (Fsp3) is 0.179. The summed E-state index contributed by atoms with van der Waals surface area (Å²) in [7, 11) is 0. The number of nitrogens with two attached hydrogens (primary N) is 1. The minimum atomic E-state index is -4.88. The Hall–Kier alpha value is -5.38. The van der Waals surface area contributed by atoms with Gasteiger partial charge in [-0.1, -0.05) is 18.2 Å². The van der Waals surface area contributed by atoms with Gasteiger partial charge in [-0.15, -0.1) is 0 Å². The van der Waals surface area contributed by atoms with Crippen LogP contribution in [0.3, 0.4) is 0 Å². The van der Waals surface area contributed by atoms with Crippen molar-refractivity contribution >= 4 is 40.9 Å². The van der Waals surface area contributed by atoms with Gasteiger partial charge in [0.25, 0.3) is 5.91 Å². The van der Waals surface area contributed by atoms with Gasteiger partial charge in [-0.2, -0.15) is 18.4 Å². The van der Waals surface area contributed by atoms with Crippen LogP contribution in [0, 0.1) is 11.3 Å². The highest BCUT2D eigenvalue weighted by molar-refractivity contribution is 6.23.